The van der Waals surface area contributed by atoms with Crippen LogP contribution in [0, 0.1) is 0 Å². The molecule has 4 aromatic rings. The molecule has 34 heavy (non-hydrogen) atoms. The molecule has 0 radical (unpaired) electrons. The standard InChI is InChI=1S/C30H22O3S/c1-31-27-12-6-7-13-29(27)34(30-19-21-9-3-5-11-25(21)33-30)17-16-22-23-18-20-8-2-4-10-24(20)32-26(23)14-15-28(22)34/h2-19,24H,1H3. The van der Waals surface area contributed by atoms with Gasteiger partial charge in [-0.3, -0.25) is 0 Å². The van der Waals surface area contributed by atoms with Gasteiger partial charge in [0.05, 0.1) is 7.11 Å². The molecule has 3 aromatic carbocycles. The van der Waals surface area contributed by atoms with E-state index in [-0.39, 0.29) is 6.10 Å². The summed E-state index contributed by atoms with van der Waals surface area (Å²) < 4.78 is 18.8. The summed E-state index contributed by atoms with van der Waals surface area (Å²) in [5.74, 6) is 1.78. The lowest BCUT2D eigenvalue weighted by Gasteiger charge is -2.35. The molecule has 0 amide bonds. The Bertz CT molecular complexity index is 1550. The van der Waals surface area contributed by atoms with Gasteiger partial charge in [-0.1, -0.05) is 48.6 Å². The largest absolute Gasteiger partial charge is 0.496 e. The molecule has 3 nitrogen and oxygen atoms in total. The van der Waals surface area contributed by atoms with Crippen LogP contribution in [0.1, 0.15) is 11.1 Å². The Labute approximate surface area is 199 Å². The van der Waals surface area contributed by atoms with Gasteiger partial charge >= 0.3 is 0 Å². The number of fused-ring (bicyclic) bond motifs is 5. The van der Waals surface area contributed by atoms with Crippen LogP contribution in [-0.4, -0.2) is 13.2 Å². The lowest BCUT2D eigenvalue weighted by Crippen LogP contribution is -2.21. The molecule has 7 rings (SSSR count). The number of allylic oxidation sites excluding steroid dienone is 2. The van der Waals surface area contributed by atoms with Crippen molar-refractivity contribution in [3.63, 3.8) is 0 Å². The summed E-state index contributed by atoms with van der Waals surface area (Å²) in [5, 5.41) is 4.39. The second-order valence-electron chi connectivity index (χ2n) is 8.53. The molecule has 0 saturated heterocycles. The third-order valence-electron chi connectivity index (χ3n) is 6.71. The van der Waals surface area contributed by atoms with Crippen molar-refractivity contribution in [2.75, 3.05) is 7.11 Å². The van der Waals surface area contributed by atoms with Gasteiger partial charge in [-0.2, -0.15) is 0 Å². The predicted molar refractivity (Wildman–Crippen MR) is 138 cm³/mol. The number of hydrogen-bond donors (Lipinski definition) is 0. The van der Waals surface area contributed by atoms with Gasteiger partial charge in [0.1, 0.15) is 23.2 Å². The summed E-state index contributed by atoms with van der Waals surface area (Å²) in [5.41, 5.74) is 4.38. The first-order chi connectivity index (χ1) is 16.8. The van der Waals surface area contributed by atoms with Gasteiger partial charge in [0.2, 0.25) is 0 Å². The molecule has 1 aliphatic carbocycles. The lowest BCUT2D eigenvalue weighted by molar-refractivity contribution is 0.282. The number of rotatable bonds is 3. The van der Waals surface area contributed by atoms with Crippen LogP contribution in [0.2, 0.25) is 0 Å². The first-order valence-corrected chi connectivity index (χ1v) is 13.0. The number of hydrogen-bond acceptors (Lipinski definition) is 3. The highest BCUT2D eigenvalue weighted by Gasteiger charge is 2.40. The second kappa shape index (κ2) is 7.31. The van der Waals surface area contributed by atoms with Gasteiger partial charge < -0.3 is 13.9 Å². The van der Waals surface area contributed by atoms with E-state index in [0.717, 1.165) is 38.0 Å². The molecule has 0 fully saturated rings. The molecule has 4 heteroatoms. The predicted octanol–water partition coefficient (Wildman–Crippen LogP) is 7.98. The summed E-state index contributed by atoms with van der Waals surface area (Å²) in [6.07, 6.45) is 12.8. The zero-order valence-corrected chi connectivity index (χ0v) is 19.4. The van der Waals surface area contributed by atoms with Crippen LogP contribution in [-0.2, 0) is 0 Å². The fourth-order valence-electron chi connectivity index (χ4n) is 5.10. The van der Waals surface area contributed by atoms with E-state index in [1.54, 1.807) is 7.11 Å². The molecular formula is C30H22O3S. The molecular weight excluding hydrogens is 440 g/mol. The summed E-state index contributed by atoms with van der Waals surface area (Å²) >= 11 is 0. The Kier molecular flexibility index (Phi) is 4.20. The van der Waals surface area contributed by atoms with Crippen molar-refractivity contribution in [3.8, 4) is 11.5 Å². The highest BCUT2D eigenvalue weighted by molar-refractivity contribution is 8.36. The van der Waals surface area contributed by atoms with Crippen molar-refractivity contribution >= 4 is 33.1 Å². The maximum Gasteiger partial charge on any atom is 0.156 e. The summed E-state index contributed by atoms with van der Waals surface area (Å²) in [6, 6.07) is 23.0. The normalized spacial score (nSPS) is 23.4. The molecule has 166 valence electrons. The van der Waals surface area contributed by atoms with Crippen LogP contribution in [0.4, 0.5) is 0 Å². The molecule has 0 N–H and O–H groups in total. The van der Waals surface area contributed by atoms with Gasteiger partial charge in [-0.25, -0.2) is 0 Å². The fraction of sp³-hybridized carbons (Fsp3) is 0.0667. The Morgan fingerprint density at radius 2 is 1.74 bits per heavy atom. The maximum absolute atomic E-state index is 6.56. The van der Waals surface area contributed by atoms with E-state index in [1.807, 2.05) is 36.4 Å². The third-order valence-corrected chi connectivity index (χ3v) is 10.2. The fourth-order valence-corrected chi connectivity index (χ4v) is 8.64. The van der Waals surface area contributed by atoms with E-state index in [9.17, 15) is 0 Å². The topological polar surface area (TPSA) is 31.6 Å². The molecule has 1 aromatic heterocycles. The Morgan fingerprint density at radius 1 is 0.853 bits per heavy atom. The zero-order chi connectivity index (χ0) is 22.7. The minimum absolute atomic E-state index is 0.0253. The van der Waals surface area contributed by atoms with Crippen LogP contribution >= 0.6 is 10.0 Å². The zero-order valence-electron chi connectivity index (χ0n) is 18.6. The van der Waals surface area contributed by atoms with E-state index < -0.39 is 10.0 Å². The molecule has 0 saturated carbocycles. The van der Waals surface area contributed by atoms with E-state index >= 15 is 0 Å². The van der Waals surface area contributed by atoms with Gasteiger partial charge in [0.15, 0.2) is 5.09 Å². The third kappa shape index (κ3) is 2.66. The monoisotopic (exact) mass is 462 g/mol. The highest BCUT2D eigenvalue weighted by Crippen LogP contribution is 2.76. The number of ether oxygens (including phenoxy) is 2. The van der Waals surface area contributed by atoms with Gasteiger partial charge in [0, 0.05) is 20.7 Å². The van der Waals surface area contributed by atoms with Crippen molar-refractivity contribution in [2.45, 2.75) is 21.0 Å². The molecule has 2 aliphatic heterocycles. The van der Waals surface area contributed by atoms with E-state index in [4.69, 9.17) is 13.9 Å². The van der Waals surface area contributed by atoms with E-state index in [0.29, 0.717) is 0 Å². The number of benzene rings is 3. The van der Waals surface area contributed by atoms with Crippen LogP contribution in [0.3, 0.4) is 0 Å². The van der Waals surface area contributed by atoms with Crippen LogP contribution in [0.15, 0.2) is 121 Å². The minimum atomic E-state index is -1.83. The molecule has 0 spiro atoms. The number of methoxy groups -OCH3 is 1. The van der Waals surface area contributed by atoms with Crippen molar-refractivity contribution in [2.24, 2.45) is 0 Å². The molecule has 3 aliphatic rings. The number of furan rings is 1. The van der Waals surface area contributed by atoms with E-state index in [2.05, 4.69) is 72.2 Å². The van der Waals surface area contributed by atoms with Crippen LogP contribution in [0.25, 0.3) is 23.1 Å². The summed E-state index contributed by atoms with van der Waals surface area (Å²) in [4.78, 5) is 2.37. The van der Waals surface area contributed by atoms with Crippen LogP contribution < -0.4 is 9.47 Å². The summed E-state index contributed by atoms with van der Waals surface area (Å²) in [7, 11) is -0.0998. The van der Waals surface area contributed by atoms with Crippen LogP contribution in [0.5, 0.6) is 11.5 Å². The van der Waals surface area contributed by atoms with Gasteiger partial charge in [0.25, 0.3) is 0 Å². The average Bonchev–Trinajstić information content (AvgIpc) is 3.50. The summed E-state index contributed by atoms with van der Waals surface area (Å²) in [6.45, 7) is 0. The van der Waals surface area contributed by atoms with E-state index in [1.165, 1.54) is 16.0 Å². The molecule has 2 unspecified atom stereocenters. The molecule has 3 heterocycles. The Hall–Kier alpha value is -3.89. The smallest absolute Gasteiger partial charge is 0.156 e. The number of para-hydroxylation sites is 2. The first kappa shape index (κ1) is 19.6. The average molecular weight is 463 g/mol. The van der Waals surface area contributed by atoms with Crippen molar-refractivity contribution in [1.29, 1.82) is 0 Å². The highest BCUT2D eigenvalue weighted by atomic mass is 32.3. The lowest BCUT2D eigenvalue weighted by atomic mass is 9.95. The quantitative estimate of drug-likeness (QED) is 0.309. The molecule has 2 atom stereocenters. The first-order valence-electron chi connectivity index (χ1n) is 11.3. The van der Waals surface area contributed by atoms with Crippen molar-refractivity contribution in [1.82, 2.24) is 0 Å². The molecule has 0 bridgehead atoms. The van der Waals surface area contributed by atoms with Gasteiger partial charge in [-0.15, -0.1) is 10.0 Å². The van der Waals surface area contributed by atoms with Crippen molar-refractivity contribution < 1.29 is 13.9 Å². The maximum atomic E-state index is 6.56. The minimum Gasteiger partial charge on any atom is -0.496 e. The van der Waals surface area contributed by atoms with Gasteiger partial charge in [-0.05, 0) is 71.2 Å². The Morgan fingerprint density at radius 3 is 2.65 bits per heavy atom. The SMILES string of the molecule is COc1ccccc1S1(c2cc3ccccc3o2)C=Cc2c1ccc1c2C=C2C=CC=CC2O1. The van der Waals surface area contributed by atoms with Crippen molar-refractivity contribution in [3.05, 3.63) is 113 Å². The Balaban J connectivity index is 1.52. The second-order valence-corrected chi connectivity index (χ2v) is 11.4.